The summed E-state index contributed by atoms with van der Waals surface area (Å²) in [7, 11) is 0. The summed E-state index contributed by atoms with van der Waals surface area (Å²) in [6.07, 6.45) is 1.99. The van der Waals surface area contributed by atoms with Gasteiger partial charge in [0.1, 0.15) is 0 Å². The Morgan fingerprint density at radius 2 is 2.05 bits per heavy atom. The maximum atomic E-state index is 11.9. The standard InChI is InChI=1S/C13H25N3O3/c1-3-13(11(17)18)6-9-16(10-13)12(19)15-8-5-7-14-4-2/h14H,3-10H2,1-2H3,(H,15,19)(H,17,18). The van der Waals surface area contributed by atoms with Crippen molar-refractivity contribution in [2.75, 3.05) is 32.7 Å². The lowest BCUT2D eigenvalue weighted by Crippen LogP contribution is -2.42. The fraction of sp³-hybridized carbons (Fsp3) is 0.846. The summed E-state index contributed by atoms with van der Waals surface area (Å²) in [6.45, 7) is 7.18. The molecule has 0 spiro atoms. The fourth-order valence-electron chi connectivity index (χ4n) is 2.36. The lowest BCUT2D eigenvalue weighted by Gasteiger charge is -2.23. The molecule has 1 aliphatic rings. The van der Waals surface area contributed by atoms with Crippen LogP contribution in [0.1, 0.15) is 33.1 Å². The molecule has 1 saturated heterocycles. The molecule has 6 nitrogen and oxygen atoms in total. The first-order valence-corrected chi connectivity index (χ1v) is 7.02. The molecule has 1 atom stereocenters. The normalized spacial score (nSPS) is 22.5. The Hall–Kier alpha value is -1.30. The average molecular weight is 271 g/mol. The van der Waals surface area contributed by atoms with Crippen molar-refractivity contribution >= 4 is 12.0 Å². The minimum atomic E-state index is -0.794. The highest BCUT2D eigenvalue weighted by atomic mass is 16.4. The third kappa shape index (κ3) is 4.09. The van der Waals surface area contributed by atoms with Crippen LogP contribution in [-0.4, -0.2) is 54.7 Å². The van der Waals surface area contributed by atoms with Gasteiger partial charge in [0.25, 0.3) is 0 Å². The van der Waals surface area contributed by atoms with E-state index in [9.17, 15) is 14.7 Å². The number of nitrogens with zero attached hydrogens (tertiary/aromatic N) is 1. The summed E-state index contributed by atoms with van der Waals surface area (Å²) in [6, 6.07) is -0.145. The summed E-state index contributed by atoms with van der Waals surface area (Å²) in [5, 5.41) is 15.3. The van der Waals surface area contributed by atoms with Gasteiger partial charge in [-0.3, -0.25) is 4.79 Å². The molecule has 1 fully saturated rings. The van der Waals surface area contributed by atoms with Crippen LogP contribution in [0.15, 0.2) is 0 Å². The quantitative estimate of drug-likeness (QED) is 0.600. The van der Waals surface area contributed by atoms with Crippen molar-refractivity contribution in [1.82, 2.24) is 15.5 Å². The highest BCUT2D eigenvalue weighted by Gasteiger charge is 2.44. The van der Waals surface area contributed by atoms with Crippen molar-refractivity contribution in [3.63, 3.8) is 0 Å². The number of carboxylic acid groups (broad SMARTS) is 1. The number of aliphatic carboxylic acids is 1. The van der Waals surface area contributed by atoms with Crippen molar-refractivity contribution in [3.05, 3.63) is 0 Å². The van der Waals surface area contributed by atoms with Crippen LogP contribution in [0, 0.1) is 5.41 Å². The lowest BCUT2D eigenvalue weighted by molar-refractivity contribution is -0.148. The molecule has 1 aliphatic heterocycles. The second-order valence-electron chi connectivity index (χ2n) is 5.05. The number of carboxylic acids is 1. The molecule has 0 aromatic carbocycles. The minimum absolute atomic E-state index is 0.145. The average Bonchev–Trinajstić information content (AvgIpc) is 2.84. The summed E-state index contributed by atoms with van der Waals surface area (Å²) < 4.78 is 0. The van der Waals surface area contributed by atoms with E-state index in [-0.39, 0.29) is 6.03 Å². The smallest absolute Gasteiger partial charge is 0.317 e. The van der Waals surface area contributed by atoms with Crippen molar-refractivity contribution in [1.29, 1.82) is 0 Å². The summed E-state index contributed by atoms with van der Waals surface area (Å²) in [4.78, 5) is 24.8. The van der Waals surface area contributed by atoms with E-state index in [1.54, 1.807) is 4.90 Å². The molecule has 2 amide bonds. The number of amides is 2. The van der Waals surface area contributed by atoms with Crippen molar-refractivity contribution in [2.45, 2.75) is 33.1 Å². The Bertz CT molecular complexity index is 322. The van der Waals surface area contributed by atoms with E-state index in [2.05, 4.69) is 10.6 Å². The van der Waals surface area contributed by atoms with Crippen LogP contribution in [0.4, 0.5) is 4.79 Å². The van der Waals surface area contributed by atoms with Crippen LogP contribution >= 0.6 is 0 Å². The number of carbonyl (C=O) groups is 2. The molecular formula is C13H25N3O3. The van der Waals surface area contributed by atoms with Crippen LogP contribution in [0.5, 0.6) is 0 Å². The Kier molecular flexibility index (Phi) is 6.08. The van der Waals surface area contributed by atoms with Crippen LogP contribution in [-0.2, 0) is 4.79 Å². The molecule has 0 saturated carbocycles. The molecule has 1 unspecified atom stereocenters. The van der Waals surface area contributed by atoms with Gasteiger partial charge in [-0.15, -0.1) is 0 Å². The highest BCUT2D eigenvalue weighted by molar-refractivity contribution is 5.79. The highest BCUT2D eigenvalue weighted by Crippen LogP contribution is 2.34. The molecule has 110 valence electrons. The van der Waals surface area contributed by atoms with Gasteiger partial charge in [0, 0.05) is 19.6 Å². The summed E-state index contributed by atoms with van der Waals surface area (Å²) in [5.74, 6) is -0.794. The third-order valence-corrected chi connectivity index (χ3v) is 3.83. The first kappa shape index (κ1) is 15.8. The van der Waals surface area contributed by atoms with Gasteiger partial charge < -0.3 is 20.6 Å². The van der Waals surface area contributed by atoms with E-state index in [4.69, 9.17) is 0 Å². The molecule has 1 heterocycles. The van der Waals surface area contributed by atoms with E-state index in [0.29, 0.717) is 32.5 Å². The number of nitrogens with one attached hydrogen (secondary N) is 2. The monoisotopic (exact) mass is 271 g/mol. The second kappa shape index (κ2) is 7.33. The fourth-order valence-corrected chi connectivity index (χ4v) is 2.36. The molecular weight excluding hydrogens is 246 g/mol. The maximum Gasteiger partial charge on any atom is 0.317 e. The van der Waals surface area contributed by atoms with Gasteiger partial charge in [-0.2, -0.15) is 0 Å². The molecule has 0 aromatic rings. The summed E-state index contributed by atoms with van der Waals surface area (Å²) in [5.41, 5.74) is -0.749. The van der Waals surface area contributed by atoms with Crippen LogP contribution in [0.25, 0.3) is 0 Å². The molecule has 19 heavy (non-hydrogen) atoms. The Morgan fingerprint density at radius 1 is 1.32 bits per heavy atom. The molecule has 0 aromatic heterocycles. The minimum Gasteiger partial charge on any atom is -0.481 e. The van der Waals surface area contributed by atoms with Gasteiger partial charge in [0.2, 0.25) is 0 Å². The number of rotatable bonds is 7. The predicted octanol–water partition coefficient (Wildman–Crippen LogP) is 0.882. The topological polar surface area (TPSA) is 81.7 Å². The Morgan fingerprint density at radius 3 is 2.58 bits per heavy atom. The van der Waals surface area contributed by atoms with Gasteiger partial charge in [0.15, 0.2) is 0 Å². The van der Waals surface area contributed by atoms with Gasteiger partial charge in [0.05, 0.1) is 5.41 Å². The third-order valence-electron chi connectivity index (χ3n) is 3.83. The molecule has 1 rings (SSSR count). The van der Waals surface area contributed by atoms with Gasteiger partial charge in [-0.05, 0) is 32.4 Å². The van der Waals surface area contributed by atoms with Crippen molar-refractivity contribution in [2.24, 2.45) is 5.41 Å². The van der Waals surface area contributed by atoms with Gasteiger partial charge >= 0.3 is 12.0 Å². The predicted molar refractivity (Wildman–Crippen MR) is 73.1 cm³/mol. The number of carbonyl (C=O) groups excluding carboxylic acids is 1. The lowest BCUT2D eigenvalue weighted by atomic mass is 9.84. The van der Waals surface area contributed by atoms with E-state index in [1.807, 2.05) is 13.8 Å². The molecule has 0 radical (unpaired) electrons. The molecule has 0 aliphatic carbocycles. The number of likely N-dealkylation sites (tertiary alicyclic amines) is 1. The van der Waals surface area contributed by atoms with Crippen molar-refractivity contribution < 1.29 is 14.7 Å². The number of hydrogen-bond acceptors (Lipinski definition) is 3. The number of urea groups is 1. The zero-order valence-electron chi connectivity index (χ0n) is 11.9. The van der Waals surface area contributed by atoms with Crippen LogP contribution in [0.2, 0.25) is 0 Å². The Labute approximate surface area is 114 Å². The zero-order valence-corrected chi connectivity index (χ0v) is 11.9. The summed E-state index contributed by atoms with van der Waals surface area (Å²) >= 11 is 0. The maximum absolute atomic E-state index is 11.9. The largest absolute Gasteiger partial charge is 0.481 e. The molecule has 6 heteroatoms. The zero-order chi connectivity index (χ0) is 14.3. The van der Waals surface area contributed by atoms with Gasteiger partial charge in [-0.1, -0.05) is 13.8 Å². The van der Waals surface area contributed by atoms with E-state index >= 15 is 0 Å². The Balaban J connectivity index is 2.33. The molecule has 0 bridgehead atoms. The van der Waals surface area contributed by atoms with Crippen LogP contribution in [0.3, 0.4) is 0 Å². The first-order chi connectivity index (χ1) is 9.05. The van der Waals surface area contributed by atoms with Crippen molar-refractivity contribution in [3.8, 4) is 0 Å². The SMILES string of the molecule is CCNCCCNC(=O)N1CCC(CC)(C(=O)O)C1. The van der Waals surface area contributed by atoms with Gasteiger partial charge in [-0.25, -0.2) is 4.79 Å². The second-order valence-corrected chi connectivity index (χ2v) is 5.05. The van der Waals surface area contributed by atoms with Crippen LogP contribution < -0.4 is 10.6 Å². The van der Waals surface area contributed by atoms with E-state index in [1.165, 1.54) is 0 Å². The number of hydrogen-bond donors (Lipinski definition) is 3. The van der Waals surface area contributed by atoms with E-state index < -0.39 is 11.4 Å². The molecule has 3 N–H and O–H groups in total. The van der Waals surface area contributed by atoms with E-state index in [0.717, 1.165) is 19.5 Å². The first-order valence-electron chi connectivity index (χ1n) is 7.02.